The van der Waals surface area contributed by atoms with E-state index in [1.807, 2.05) is 0 Å². The highest BCUT2D eigenvalue weighted by atomic mass is 127. The summed E-state index contributed by atoms with van der Waals surface area (Å²) in [6, 6.07) is 0. The van der Waals surface area contributed by atoms with Crippen LogP contribution in [0.4, 0.5) is 0 Å². The fourth-order valence-corrected chi connectivity index (χ4v) is 2.17. The second kappa shape index (κ2) is 7.43. The van der Waals surface area contributed by atoms with Crippen molar-refractivity contribution in [3.05, 3.63) is 11.1 Å². The molecule has 0 radical (unpaired) electrons. The van der Waals surface area contributed by atoms with E-state index in [2.05, 4.69) is 45.2 Å². The summed E-state index contributed by atoms with van der Waals surface area (Å²) in [5.74, 6) is 0. The third-order valence-electron chi connectivity index (χ3n) is 1.06. The number of rotatable bonds is 4. The molecule has 0 saturated carbocycles. The zero-order valence-electron chi connectivity index (χ0n) is 5.29. The maximum Gasteiger partial charge on any atom is 0.0646 e. The quantitative estimate of drug-likeness (QED) is 0.491. The lowest BCUT2D eigenvalue weighted by Gasteiger charge is -2.07. The number of halogens is 4. The highest BCUT2D eigenvalue weighted by Crippen LogP contribution is 2.18. The number of hydrogen-bond acceptors (Lipinski definition) is 0. The summed E-state index contributed by atoms with van der Waals surface area (Å²) in [7, 11) is 0. The van der Waals surface area contributed by atoms with Gasteiger partial charge in [-0.05, 0) is 12.0 Å². The van der Waals surface area contributed by atoms with Crippen LogP contribution in [0.15, 0.2) is 11.1 Å². The summed E-state index contributed by atoms with van der Waals surface area (Å²) in [6.07, 6.45) is 1.00. The van der Waals surface area contributed by atoms with Crippen LogP contribution in [0.2, 0.25) is 0 Å². The minimum absolute atomic E-state index is 0.118. The van der Waals surface area contributed by atoms with Gasteiger partial charge in [0.15, 0.2) is 0 Å². The minimum Gasteiger partial charge on any atom is -0.117 e. The Balaban J connectivity index is 3.82. The van der Waals surface area contributed by atoms with Gasteiger partial charge in [-0.15, -0.1) is 11.6 Å². The molecule has 0 aromatic heterocycles. The van der Waals surface area contributed by atoms with E-state index in [-0.39, 0.29) is 5.38 Å². The van der Waals surface area contributed by atoms with E-state index in [0.29, 0.717) is 0 Å². The maximum absolute atomic E-state index is 5.95. The van der Waals surface area contributed by atoms with Crippen molar-refractivity contribution in [3.8, 4) is 0 Å². The summed E-state index contributed by atoms with van der Waals surface area (Å²) in [5, 5.41) is 0.118. The Bertz CT molecular complexity index is 114. The zero-order valence-corrected chi connectivity index (χ0v) is 11.1. The Labute approximate surface area is 99.0 Å². The van der Waals surface area contributed by atoms with Gasteiger partial charge in [0.2, 0.25) is 0 Å². The average molecular weight is 405 g/mol. The van der Waals surface area contributed by atoms with Crippen molar-refractivity contribution in [2.75, 3.05) is 8.86 Å². The van der Waals surface area contributed by atoms with Gasteiger partial charge in [0, 0.05) is 14.4 Å². The summed E-state index contributed by atoms with van der Waals surface area (Å²) in [5.41, 5.74) is 2.75. The number of allylic oxidation sites excluding steroid dienone is 1. The van der Waals surface area contributed by atoms with Gasteiger partial charge in [-0.1, -0.05) is 56.8 Å². The van der Waals surface area contributed by atoms with Crippen LogP contribution < -0.4 is 0 Å². The second-order valence-electron chi connectivity index (χ2n) is 1.74. The first-order valence-corrected chi connectivity index (χ1v) is 6.73. The first-order chi connectivity index (χ1) is 4.76. The predicted molar refractivity (Wildman–Crippen MR) is 66.0 cm³/mol. The molecule has 4 heteroatoms. The van der Waals surface area contributed by atoms with E-state index in [1.165, 1.54) is 0 Å². The summed E-state index contributed by atoms with van der Waals surface area (Å²) in [6.45, 7) is 0. The highest BCUT2D eigenvalue weighted by molar-refractivity contribution is 14.1. The molecule has 0 amide bonds. The van der Waals surface area contributed by atoms with E-state index in [0.717, 1.165) is 20.8 Å². The fraction of sp³-hybridized carbons (Fsp3) is 0.667. The third kappa shape index (κ3) is 4.62. The molecule has 1 unspecified atom stereocenters. The first-order valence-electron chi connectivity index (χ1n) is 2.81. The van der Waals surface area contributed by atoms with Crippen LogP contribution in [0.3, 0.4) is 0 Å². The van der Waals surface area contributed by atoms with Crippen molar-refractivity contribution in [1.82, 2.24) is 0 Å². The number of alkyl halides is 3. The molecule has 0 aliphatic rings. The Morgan fingerprint density at radius 1 is 1.50 bits per heavy atom. The topological polar surface area (TPSA) is 0 Å². The summed E-state index contributed by atoms with van der Waals surface area (Å²) >= 11 is 16.1. The summed E-state index contributed by atoms with van der Waals surface area (Å²) in [4.78, 5) is 0. The van der Waals surface area contributed by atoms with Crippen molar-refractivity contribution in [3.63, 3.8) is 0 Å². The van der Waals surface area contributed by atoms with Gasteiger partial charge in [-0.25, -0.2) is 0 Å². The van der Waals surface area contributed by atoms with Crippen LogP contribution in [0, 0.1) is 0 Å². The molecular weight excluding hydrogens is 397 g/mol. The van der Waals surface area contributed by atoms with Crippen LogP contribution in [0.25, 0.3) is 0 Å². The molecule has 1 atom stereocenters. The molecule has 10 heavy (non-hydrogen) atoms. The zero-order chi connectivity index (χ0) is 7.98. The predicted octanol–water partition coefficient (Wildman–Crippen LogP) is 3.98. The Morgan fingerprint density at radius 3 is 2.40 bits per heavy atom. The molecule has 0 heterocycles. The first kappa shape index (κ1) is 11.8. The van der Waals surface area contributed by atoms with Gasteiger partial charge in [-0.2, -0.15) is 0 Å². The van der Waals surface area contributed by atoms with E-state index >= 15 is 0 Å². The lowest BCUT2D eigenvalue weighted by atomic mass is 10.2. The van der Waals surface area contributed by atoms with E-state index in [9.17, 15) is 0 Å². The molecule has 60 valence electrons. The van der Waals surface area contributed by atoms with Crippen molar-refractivity contribution >= 4 is 68.4 Å². The lowest BCUT2D eigenvalue weighted by Crippen LogP contribution is -2.04. The van der Waals surface area contributed by atoms with Crippen LogP contribution in [-0.2, 0) is 0 Å². The van der Waals surface area contributed by atoms with Crippen molar-refractivity contribution in [2.24, 2.45) is 0 Å². The van der Waals surface area contributed by atoms with Crippen molar-refractivity contribution in [1.29, 1.82) is 0 Å². The smallest absolute Gasteiger partial charge is 0.0646 e. The molecule has 0 aliphatic heterocycles. The van der Waals surface area contributed by atoms with Gasteiger partial charge in [0.05, 0.1) is 5.38 Å². The molecule has 0 aliphatic carbocycles. The van der Waals surface area contributed by atoms with E-state index < -0.39 is 0 Å². The molecule has 0 saturated heterocycles. The average Bonchev–Trinajstić information content (AvgIpc) is 1.99. The largest absolute Gasteiger partial charge is 0.117 e. The van der Waals surface area contributed by atoms with Crippen LogP contribution in [0.1, 0.15) is 6.42 Å². The molecule has 0 bridgehead atoms. The van der Waals surface area contributed by atoms with Crippen LogP contribution >= 0.6 is 68.4 Å². The second-order valence-corrected chi connectivity index (χ2v) is 4.45. The van der Waals surface area contributed by atoms with Crippen molar-refractivity contribution < 1.29 is 0 Å². The van der Waals surface area contributed by atoms with Gasteiger partial charge in [0.25, 0.3) is 0 Å². The standard InChI is InChI=1S/C6H8Cl2I2/c7-3-5(1-2-9)6(8)4-10/h3,6H,1-2,4H2. The molecular formula is C6H8Cl2I2. The Morgan fingerprint density at radius 2 is 2.10 bits per heavy atom. The molecule has 0 rings (SSSR count). The van der Waals surface area contributed by atoms with Gasteiger partial charge in [-0.3, -0.25) is 0 Å². The third-order valence-corrected chi connectivity index (χ3v) is 3.72. The van der Waals surface area contributed by atoms with Crippen LogP contribution in [0.5, 0.6) is 0 Å². The van der Waals surface area contributed by atoms with Gasteiger partial charge >= 0.3 is 0 Å². The van der Waals surface area contributed by atoms with Gasteiger partial charge in [0.1, 0.15) is 0 Å². The fourth-order valence-electron chi connectivity index (χ4n) is 0.488. The van der Waals surface area contributed by atoms with E-state index in [4.69, 9.17) is 23.2 Å². The number of hydrogen-bond donors (Lipinski definition) is 0. The molecule has 0 aromatic rings. The molecule has 0 spiro atoms. The monoisotopic (exact) mass is 404 g/mol. The van der Waals surface area contributed by atoms with Gasteiger partial charge < -0.3 is 0 Å². The Hall–Kier alpha value is 1.78. The highest BCUT2D eigenvalue weighted by Gasteiger charge is 2.07. The SMILES string of the molecule is ClC=C(CCI)C(Cl)CI. The lowest BCUT2D eigenvalue weighted by molar-refractivity contribution is 1.03. The molecule has 0 aromatic carbocycles. The Kier molecular flexibility index (Phi) is 8.75. The molecule has 0 N–H and O–H groups in total. The molecule has 0 fully saturated rings. The summed E-state index contributed by atoms with van der Waals surface area (Å²) < 4.78 is 2.00. The minimum atomic E-state index is 0.118. The van der Waals surface area contributed by atoms with Crippen molar-refractivity contribution in [2.45, 2.75) is 11.8 Å². The normalized spacial score (nSPS) is 15.4. The van der Waals surface area contributed by atoms with Crippen LogP contribution in [-0.4, -0.2) is 14.2 Å². The maximum atomic E-state index is 5.95. The van der Waals surface area contributed by atoms with E-state index in [1.54, 1.807) is 5.54 Å². The molecule has 0 nitrogen and oxygen atoms in total.